The summed E-state index contributed by atoms with van der Waals surface area (Å²) in [5.41, 5.74) is 1.34. The maximum absolute atomic E-state index is 14.7. The number of amides is 5. The minimum Gasteiger partial charge on any atom is -0.493 e. The van der Waals surface area contributed by atoms with Gasteiger partial charge in [0.25, 0.3) is 11.5 Å². The quantitative estimate of drug-likeness (QED) is 0.0143. The first-order valence-electron chi connectivity index (χ1n) is 27.4. The molecule has 0 spiro atoms. The van der Waals surface area contributed by atoms with Gasteiger partial charge in [0.2, 0.25) is 11.7 Å². The van der Waals surface area contributed by atoms with Gasteiger partial charge in [-0.3, -0.25) is 19.0 Å². The van der Waals surface area contributed by atoms with E-state index in [9.17, 15) is 38.7 Å². The largest absolute Gasteiger partial charge is 0.493 e. The third-order valence-corrected chi connectivity index (χ3v) is 13.7. The molecule has 24 nitrogen and oxygen atoms in total. The van der Waals surface area contributed by atoms with Crippen LogP contribution in [0.3, 0.4) is 0 Å². The van der Waals surface area contributed by atoms with Gasteiger partial charge in [0.1, 0.15) is 30.7 Å². The number of benzene rings is 4. The smallest absolute Gasteiger partial charge is 0.412 e. The zero-order valence-corrected chi connectivity index (χ0v) is 48.9. The molecule has 0 radical (unpaired) electrons. The van der Waals surface area contributed by atoms with Gasteiger partial charge in [0.05, 0.1) is 57.0 Å². The third kappa shape index (κ3) is 18.5. The molecule has 25 heteroatoms. The number of nitrogens with one attached hydrogen (secondary N) is 4. The number of hydrogen-bond acceptors (Lipinski definition) is 18. The number of aliphatic hydroxyl groups is 2. The molecule has 5 amide bonds. The van der Waals surface area contributed by atoms with Gasteiger partial charge in [-0.25, -0.2) is 24.2 Å². The molecule has 84 heavy (non-hydrogen) atoms. The van der Waals surface area contributed by atoms with Crippen molar-refractivity contribution in [1.29, 1.82) is 0 Å². The number of alkyl carbamates (subject to hydrolysis) is 2. The van der Waals surface area contributed by atoms with E-state index >= 15 is 0 Å². The maximum atomic E-state index is 14.7. The Kier molecular flexibility index (Phi) is 24.5. The van der Waals surface area contributed by atoms with E-state index in [1.165, 1.54) is 40.2 Å². The van der Waals surface area contributed by atoms with E-state index < -0.39 is 66.8 Å². The van der Waals surface area contributed by atoms with Crippen LogP contribution in [0.1, 0.15) is 92.3 Å². The molecule has 1 aromatic heterocycles. The van der Waals surface area contributed by atoms with E-state index in [0.29, 0.717) is 32.9 Å². The maximum Gasteiger partial charge on any atom is 0.412 e. The van der Waals surface area contributed by atoms with Crippen molar-refractivity contribution in [3.8, 4) is 17.2 Å². The number of carbonyl (C=O) groups is 6. The van der Waals surface area contributed by atoms with Crippen LogP contribution in [0.5, 0.6) is 17.2 Å². The zero-order valence-electron chi connectivity index (χ0n) is 48.1. The average molecular weight is 1190 g/mol. The van der Waals surface area contributed by atoms with Crippen LogP contribution < -0.4 is 41.0 Å². The van der Waals surface area contributed by atoms with E-state index in [1.54, 1.807) is 39.8 Å². The molecule has 0 aliphatic carbocycles. The Balaban J connectivity index is 1.03. The highest BCUT2D eigenvalue weighted by Gasteiger charge is 2.44. The summed E-state index contributed by atoms with van der Waals surface area (Å²) in [5, 5.41) is 29.9. The molecule has 6 rings (SSSR count). The van der Waals surface area contributed by atoms with Crippen LogP contribution in [0.2, 0.25) is 5.02 Å². The first kappa shape index (κ1) is 65.1. The Bertz CT molecular complexity index is 3080. The molecular formula is C59H74ClN7O17. The Hall–Kier alpha value is -8.03. The second kappa shape index (κ2) is 31.6. The van der Waals surface area contributed by atoms with Crippen molar-refractivity contribution in [2.45, 2.75) is 104 Å². The van der Waals surface area contributed by atoms with Crippen molar-refractivity contribution in [1.82, 2.24) is 35.7 Å². The van der Waals surface area contributed by atoms with Crippen molar-refractivity contribution in [2.24, 2.45) is 5.92 Å². The lowest BCUT2D eigenvalue weighted by Crippen LogP contribution is -2.59. The number of methoxy groups -OCH3 is 2. The zero-order chi connectivity index (χ0) is 60.9. The van der Waals surface area contributed by atoms with Crippen LogP contribution in [0, 0.1) is 12.8 Å². The number of rotatable bonds is 28. The Labute approximate surface area is 491 Å². The lowest BCUT2D eigenvalue weighted by molar-refractivity contribution is -0.162. The molecule has 0 bridgehead atoms. The molecule has 2 heterocycles. The van der Waals surface area contributed by atoms with Crippen molar-refractivity contribution in [2.75, 3.05) is 66.8 Å². The fourth-order valence-electron chi connectivity index (χ4n) is 9.09. The van der Waals surface area contributed by atoms with E-state index in [2.05, 4.69) is 21.3 Å². The van der Waals surface area contributed by atoms with Gasteiger partial charge < -0.3 is 74.3 Å². The molecule has 4 aromatic carbocycles. The summed E-state index contributed by atoms with van der Waals surface area (Å²) in [6.45, 7) is 8.12. The van der Waals surface area contributed by atoms with E-state index in [1.807, 2.05) is 63.2 Å². The standard InChI is InChI=1S/C59H74ClN7O17/c1-36(2)50(52-64-45-30-43(60)18-19-44(45)54(72)67(52)32-40-12-9-8-10-13-40)66(53(71)42-16-14-37(3)15-17-42)25-11-23-61-56(74)80-34-41-28-46(77-6)51(47(29-41)78-7)84-58(76)63-31-38(4)83-55(73)59(21-26-79-27-22-59)65-48(69)20-24-62-57(75)81-35-49(70)82-39(5)33-68/h8-10,12-19,28-30,36,38-39,49-50,68,70H,11,20-27,31-35H2,1-7H3,(H,61,74)(H,62,75)(H,63,76)(H,65,69)/t38?,39?,49?,50-/m1/s1. The third-order valence-electron chi connectivity index (χ3n) is 13.4. The minimum atomic E-state index is -1.47. The topological polar surface area (TPSA) is 303 Å². The molecule has 1 aliphatic rings. The van der Waals surface area contributed by atoms with Crippen molar-refractivity contribution < 1.29 is 76.9 Å². The second-order valence-electron chi connectivity index (χ2n) is 20.3. The van der Waals surface area contributed by atoms with Gasteiger partial charge in [-0.2, -0.15) is 0 Å². The van der Waals surface area contributed by atoms with Crippen LogP contribution in [-0.4, -0.2) is 152 Å². The van der Waals surface area contributed by atoms with Crippen LogP contribution in [-0.2, 0) is 46.4 Å². The Morgan fingerprint density at radius 1 is 0.821 bits per heavy atom. The highest BCUT2D eigenvalue weighted by Crippen LogP contribution is 2.39. The van der Waals surface area contributed by atoms with Crippen LogP contribution in [0.25, 0.3) is 10.9 Å². The molecule has 0 saturated carbocycles. The highest BCUT2D eigenvalue weighted by atomic mass is 35.5. The number of halogens is 1. The number of aromatic nitrogens is 2. The molecular weight excluding hydrogens is 1110 g/mol. The highest BCUT2D eigenvalue weighted by molar-refractivity contribution is 6.31. The molecule has 5 aromatic rings. The first-order valence-corrected chi connectivity index (χ1v) is 27.8. The second-order valence-corrected chi connectivity index (χ2v) is 20.8. The summed E-state index contributed by atoms with van der Waals surface area (Å²) in [6.07, 6.45) is -5.49. The van der Waals surface area contributed by atoms with Gasteiger partial charge in [-0.1, -0.05) is 73.5 Å². The number of nitrogens with zero attached hydrogens (tertiary/aromatic N) is 3. The summed E-state index contributed by atoms with van der Waals surface area (Å²) >= 11 is 6.42. The Morgan fingerprint density at radius 2 is 1.49 bits per heavy atom. The molecule has 1 aliphatic heterocycles. The van der Waals surface area contributed by atoms with Gasteiger partial charge >= 0.3 is 24.2 Å². The van der Waals surface area contributed by atoms with Crippen LogP contribution in [0.4, 0.5) is 14.4 Å². The van der Waals surface area contributed by atoms with Gasteiger partial charge in [0, 0.05) is 62.7 Å². The predicted molar refractivity (Wildman–Crippen MR) is 307 cm³/mol. The lowest BCUT2D eigenvalue weighted by atomic mass is 9.89. The minimum absolute atomic E-state index is 0.0563. The van der Waals surface area contributed by atoms with Gasteiger partial charge in [-0.15, -0.1) is 0 Å². The van der Waals surface area contributed by atoms with E-state index in [0.717, 1.165) is 11.1 Å². The van der Waals surface area contributed by atoms with E-state index in [-0.39, 0.29) is 119 Å². The van der Waals surface area contributed by atoms with Crippen molar-refractivity contribution >= 4 is 58.6 Å². The van der Waals surface area contributed by atoms with Gasteiger partial charge in [0.15, 0.2) is 17.8 Å². The molecule has 1 fully saturated rings. The summed E-state index contributed by atoms with van der Waals surface area (Å²) in [6, 6.07) is 23.9. The summed E-state index contributed by atoms with van der Waals surface area (Å²) in [4.78, 5) is 101. The molecule has 4 atom stereocenters. The SMILES string of the molecule is COc1cc(COC(=O)NCCCN(C(=O)c2ccc(C)cc2)[C@@H](c2nc3cc(Cl)ccc3c(=O)n2Cc2ccccc2)C(C)C)cc(OC)c1OC(=O)NCC(C)OC(=O)C1(NC(=O)CCNC(=O)OCC(O)OC(C)CO)CCOCC1. The molecule has 3 unspecified atom stereocenters. The van der Waals surface area contributed by atoms with Crippen molar-refractivity contribution in [3.05, 3.63) is 128 Å². The normalized spacial score (nSPS) is 14.2. The number of hydrogen-bond donors (Lipinski definition) is 6. The first-order chi connectivity index (χ1) is 40.2. The lowest BCUT2D eigenvalue weighted by Gasteiger charge is -2.36. The Morgan fingerprint density at radius 3 is 2.14 bits per heavy atom. The monoisotopic (exact) mass is 1190 g/mol. The molecule has 1 saturated heterocycles. The summed E-state index contributed by atoms with van der Waals surface area (Å²) in [5.74, 6) is -1.49. The van der Waals surface area contributed by atoms with Crippen molar-refractivity contribution in [3.63, 3.8) is 0 Å². The number of fused-ring (bicyclic) bond motifs is 1. The molecule has 454 valence electrons. The van der Waals surface area contributed by atoms with Gasteiger partial charge in [-0.05, 0) is 86.7 Å². The van der Waals surface area contributed by atoms with Crippen LogP contribution in [0.15, 0.2) is 89.7 Å². The average Bonchev–Trinajstić information content (AvgIpc) is 1.64. The fourth-order valence-corrected chi connectivity index (χ4v) is 9.26. The summed E-state index contributed by atoms with van der Waals surface area (Å²) in [7, 11) is 2.68. The van der Waals surface area contributed by atoms with E-state index in [4.69, 9.17) is 59.6 Å². The number of ether oxygens (including phenoxy) is 8. The number of aliphatic hydroxyl groups excluding tert-OH is 2. The van der Waals surface area contributed by atoms with Crippen LogP contribution >= 0.6 is 11.6 Å². The summed E-state index contributed by atoms with van der Waals surface area (Å²) < 4.78 is 44.8. The number of aryl methyl sites for hydroxylation is 1. The predicted octanol–water partition coefficient (Wildman–Crippen LogP) is 6.10. The molecule has 6 N–H and O–H groups in total. The number of esters is 1. The fraction of sp³-hybridized carbons (Fsp3) is 0.458. The number of carbonyl (C=O) groups excluding carboxylic acids is 6.